The number of hydrogen-bond acceptors (Lipinski definition) is 6. The summed E-state index contributed by atoms with van der Waals surface area (Å²) in [4.78, 5) is 16.5. The first kappa shape index (κ1) is 21.4. The van der Waals surface area contributed by atoms with E-state index in [0.717, 1.165) is 19.5 Å². The zero-order chi connectivity index (χ0) is 21.0. The first-order valence-corrected chi connectivity index (χ1v) is 10.2. The van der Waals surface area contributed by atoms with Crippen LogP contribution in [0.1, 0.15) is 32.8 Å². The van der Waals surface area contributed by atoms with Crippen molar-refractivity contribution in [1.29, 1.82) is 5.26 Å². The van der Waals surface area contributed by atoms with Crippen LogP contribution >= 0.6 is 0 Å². The summed E-state index contributed by atoms with van der Waals surface area (Å²) in [6.45, 7) is 9.57. The van der Waals surface area contributed by atoms with Gasteiger partial charge in [0.25, 0.3) is 0 Å². The molecule has 3 rings (SSSR count). The highest BCUT2D eigenvalue weighted by Gasteiger charge is 2.37. The monoisotopic (exact) mass is 401 g/mol. The Bertz CT molecular complexity index is 724. The van der Waals surface area contributed by atoms with E-state index in [1.165, 1.54) is 0 Å². The molecule has 3 atom stereocenters. The van der Waals surface area contributed by atoms with Gasteiger partial charge in [-0.25, -0.2) is 4.79 Å². The molecule has 2 heterocycles. The lowest BCUT2D eigenvalue weighted by Gasteiger charge is -2.46. The highest BCUT2D eigenvalue weighted by molar-refractivity contribution is 5.68. The Morgan fingerprint density at radius 2 is 1.83 bits per heavy atom. The molecule has 0 radical (unpaired) electrons. The Labute approximate surface area is 172 Å². The molecule has 2 fully saturated rings. The maximum absolute atomic E-state index is 12.4. The van der Waals surface area contributed by atoms with E-state index < -0.39 is 11.7 Å². The zero-order valence-corrected chi connectivity index (χ0v) is 17.5. The lowest BCUT2D eigenvalue weighted by Crippen LogP contribution is -2.56. The second kappa shape index (κ2) is 9.02. The molecular formula is C22H31N3O4. The largest absolute Gasteiger partial charge is 0.491 e. The minimum absolute atomic E-state index is 0.210. The summed E-state index contributed by atoms with van der Waals surface area (Å²) in [5.41, 5.74) is 0.104. The van der Waals surface area contributed by atoms with Gasteiger partial charge in [0.05, 0.1) is 11.6 Å². The second-order valence-electron chi connectivity index (χ2n) is 9.17. The van der Waals surface area contributed by atoms with Gasteiger partial charge in [0.2, 0.25) is 0 Å². The van der Waals surface area contributed by atoms with Crippen molar-refractivity contribution >= 4 is 6.09 Å². The van der Waals surface area contributed by atoms with Gasteiger partial charge in [0, 0.05) is 32.7 Å². The number of fused-ring (bicyclic) bond motifs is 2. The van der Waals surface area contributed by atoms with Gasteiger partial charge < -0.3 is 19.5 Å². The van der Waals surface area contributed by atoms with Gasteiger partial charge in [0.15, 0.2) is 0 Å². The molecule has 1 amide bonds. The minimum atomic E-state index is -0.591. The van der Waals surface area contributed by atoms with E-state index in [2.05, 4.69) is 11.0 Å². The summed E-state index contributed by atoms with van der Waals surface area (Å²) in [6, 6.07) is 8.94. The molecule has 0 spiro atoms. The Balaban J connectivity index is 1.44. The van der Waals surface area contributed by atoms with Crippen LogP contribution in [0, 0.1) is 23.2 Å². The quantitative estimate of drug-likeness (QED) is 0.816. The number of amides is 1. The number of rotatable bonds is 5. The summed E-state index contributed by atoms with van der Waals surface area (Å²) < 4.78 is 11.2. The number of aliphatic hydroxyl groups is 1. The van der Waals surface area contributed by atoms with Gasteiger partial charge in [-0.3, -0.25) is 4.90 Å². The Morgan fingerprint density at radius 1 is 1.21 bits per heavy atom. The average molecular weight is 402 g/mol. The third-order valence-corrected chi connectivity index (χ3v) is 5.20. The fraction of sp³-hybridized carbons (Fsp3) is 0.636. The number of carbonyl (C=O) groups excluding carboxylic acids is 1. The molecule has 7 heteroatoms. The molecule has 1 aromatic rings. The molecule has 2 aliphatic rings. The van der Waals surface area contributed by atoms with Gasteiger partial charge in [0.1, 0.15) is 24.1 Å². The van der Waals surface area contributed by atoms with Crippen molar-refractivity contribution in [3.8, 4) is 11.8 Å². The molecule has 2 saturated heterocycles. The van der Waals surface area contributed by atoms with Crippen LogP contribution in [0.3, 0.4) is 0 Å². The van der Waals surface area contributed by atoms with Gasteiger partial charge in [-0.05, 0) is 63.3 Å². The van der Waals surface area contributed by atoms with E-state index in [9.17, 15) is 9.90 Å². The van der Waals surface area contributed by atoms with Gasteiger partial charge >= 0.3 is 6.09 Å². The number of benzene rings is 1. The zero-order valence-electron chi connectivity index (χ0n) is 17.5. The standard InChI is InChI=1S/C22H31N3O4/c1-22(2,3)29-21(27)25-12-17-8-18(13-25)11-24(10-17)14-19(26)15-28-20-6-4-16(9-23)5-7-20/h4-7,17-19,26H,8,10-15H2,1-3H3/t17-,18+,19-/m0/s1. The molecule has 0 unspecified atom stereocenters. The number of aliphatic hydroxyl groups excluding tert-OH is 1. The van der Waals surface area contributed by atoms with Crippen LogP contribution in [0.5, 0.6) is 5.75 Å². The minimum Gasteiger partial charge on any atom is -0.491 e. The number of ether oxygens (including phenoxy) is 2. The van der Waals surface area contributed by atoms with Crippen LogP contribution in [0.25, 0.3) is 0 Å². The van der Waals surface area contributed by atoms with Crippen molar-refractivity contribution in [1.82, 2.24) is 9.80 Å². The molecule has 7 nitrogen and oxygen atoms in total. The van der Waals surface area contributed by atoms with Crippen molar-refractivity contribution < 1.29 is 19.4 Å². The summed E-state index contributed by atoms with van der Waals surface area (Å²) >= 11 is 0. The number of nitrogens with zero attached hydrogens (tertiary/aromatic N) is 3. The van der Waals surface area contributed by atoms with E-state index >= 15 is 0 Å². The van der Waals surface area contributed by atoms with Crippen LogP contribution in [0.2, 0.25) is 0 Å². The fourth-order valence-electron chi connectivity index (χ4n) is 4.18. The summed E-state index contributed by atoms with van der Waals surface area (Å²) in [5, 5.41) is 19.2. The SMILES string of the molecule is CC(C)(C)OC(=O)N1C[C@@H]2C[C@@H](CN(C[C@H](O)COc3ccc(C#N)cc3)C2)C1. The van der Waals surface area contributed by atoms with E-state index in [4.69, 9.17) is 14.7 Å². The third-order valence-electron chi connectivity index (χ3n) is 5.20. The molecule has 0 saturated carbocycles. The number of likely N-dealkylation sites (tertiary alicyclic amines) is 2. The predicted octanol–water partition coefficient (Wildman–Crippen LogP) is 2.49. The Hall–Kier alpha value is -2.30. The number of β-amino-alcohol motifs (C(OH)–C–C–N with tert-alkyl or cyclic N) is 1. The van der Waals surface area contributed by atoms with Crippen molar-refractivity contribution in [2.75, 3.05) is 39.3 Å². The number of nitriles is 1. The first-order chi connectivity index (χ1) is 13.7. The number of carbonyl (C=O) groups is 1. The van der Waals surface area contributed by atoms with Crippen LogP contribution in [-0.2, 0) is 4.74 Å². The van der Waals surface area contributed by atoms with Crippen LogP contribution in [0.15, 0.2) is 24.3 Å². The van der Waals surface area contributed by atoms with Gasteiger partial charge in [-0.15, -0.1) is 0 Å². The van der Waals surface area contributed by atoms with Crippen LogP contribution in [0.4, 0.5) is 4.79 Å². The lowest BCUT2D eigenvalue weighted by atomic mass is 9.84. The molecule has 1 aromatic carbocycles. The molecule has 0 aromatic heterocycles. The first-order valence-electron chi connectivity index (χ1n) is 10.2. The van der Waals surface area contributed by atoms with Gasteiger partial charge in [-0.2, -0.15) is 5.26 Å². The maximum atomic E-state index is 12.4. The number of piperidine rings is 2. The molecular weight excluding hydrogens is 370 g/mol. The van der Waals surface area contributed by atoms with Crippen molar-refractivity contribution in [2.45, 2.75) is 38.9 Å². The second-order valence-corrected chi connectivity index (χ2v) is 9.17. The smallest absolute Gasteiger partial charge is 0.410 e. The van der Waals surface area contributed by atoms with Crippen molar-refractivity contribution in [3.63, 3.8) is 0 Å². The molecule has 2 aliphatic heterocycles. The normalized spacial score (nSPS) is 23.2. The lowest BCUT2D eigenvalue weighted by molar-refractivity contribution is -0.0199. The molecule has 1 N–H and O–H groups in total. The number of hydrogen-bond donors (Lipinski definition) is 1. The summed E-state index contributed by atoms with van der Waals surface area (Å²) in [5.74, 6) is 1.45. The van der Waals surface area contributed by atoms with Crippen LogP contribution < -0.4 is 4.74 Å². The molecule has 2 bridgehead atoms. The molecule has 0 aliphatic carbocycles. The fourth-order valence-corrected chi connectivity index (χ4v) is 4.18. The van der Waals surface area contributed by atoms with E-state index in [0.29, 0.717) is 42.8 Å². The average Bonchev–Trinajstić information content (AvgIpc) is 2.64. The topological polar surface area (TPSA) is 86.0 Å². The van der Waals surface area contributed by atoms with Crippen LogP contribution in [-0.4, -0.2) is 72.0 Å². The van der Waals surface area contributed by atoms with E-state index in [1.807, 2.05) is 25.7 Å². The molecule has 158 valence electrons. The summed E-state index contributed by atoms with van der Waals surface area (Å²) in [6.07, 6.45) is 0.302. The highest BCUT2D eigenvalue weighted by Crippen LogP contribution is 2.29. The van der Waals surface area contributed by atoms with E-state index in [1.54, 1.807) is 24.3 Å². The predicted molar refractivity (Wildman–Crippen MR) is 109 cm³/mol. The van der Waals surface area contributed by atoms with Crippen molar-refractivity contribution in [3.05, 3.63) is 29.8 Å². The Kier molecular flexibility index (Phi) is 6.66. The van der Waals surface area contributed by atoms with Crippen molar-refractivity contribution in [2.24, 2.45) is 11.8 Å². The third kappa shape index (κ3) is 6.34. The van der Waals surface area contributed by atoms with E-state index in [-0.39, 0.29) is 12.7 Å². The molecule has 29 heavy (non-hydrogen) atoms. The Morgan fingerprint density at radius 3 is 2.38 bits per heavy atom. The maximum Gasteiger partial charge on any atom is 0.410 e. The highest BCUT2D eigenvalue weighted by atomic mass is 16.6. The summed E-state index contributed by atoms with van der Waals surface area (Å²) in [7, 11) is 0. The van der Waals surface area contributed by atoms with Gasteiger partial charge in [-0.1, -0.05) is 0 Å².